The zero-order chi connectivity index (χ0) is 21.4. The average molecular weight is 414 g/mol. The summed E-state index contributed by atoms with van der Waals surface area (Å²) in [5, 5.41) is 1.33. The van der Waals surface area contributed by atoms with Gasteiger partial charge in [0.15, 0.2) is 0 Å². The average Bonchev–Trinajstić information content (AvgIpc) is 2.77. The molecular formula is C25H15FO5. The molecule has 0 fully saturated rings. The second-order valence-electron chi connectivity index (χ2n) is 7.04. The van der Waals surface area contributed by atoms with Crippen LogP contribution >= 0.6 is 0 Å². The highest BCUT2D eigenvalue weighted by Crippen LogP contribution is 2.30. The number of fused-ring (bicyclic) bond motifs is 2. The summed E-state index contributed by atoms with van der Waals surface area (Å²) in [4.78, 5) is 24.8. The van der Waals surface area contributed by atoms with E-state index in [9.17, 15) is 14.0 Å². The fourth-order valence-corrected chi connectivity index (χ4v) is 3.45. The molecule has 0 radical (unpaired) electrons. The van der Waals surface area contributed by atoms with Gasteiger partial charge in [-0.25, -0.2) is 14.0 Å². The van der Waals surface area contributed by atoms with Crippen LogP contribution in [0.1, 0.15) is 5.56 Å². The maximum Gasteiger partial charge on any atom is 0.344 e. The summed E-state index contributed by atoms with van der Waals surface area (Å²) in [7, 11) is 0. The lowest BCUT2D eigenvalue weighted by atomic mass is 10.0. The Morgan fingerprint density at radius 3 is 2.42 bits per heavy atom. The third kappa shape index (κ3) is 3.71. The molecule has 0 aliphatic heterocycles. The van der Waals surface area contributed by atoms with E-state index in [4.69, 9.17) is 13.6 Å². The van der Waals surface area contributed by atoms with Crippen LogP contribution in [0.4, 0.5) is 4.39 Å². The van der Waals surface area contributed by atoms with Crippen molar-refractivity contribution in [2.24, 2.45) is 0 Å². The van der Waals surface area contributed by atoms with Crippen molar-refractivity contribution in [1.29, 1.82) is 0 Å². The van der Waals surface area contributed by atoms with Crippen LogP contribution in [0.3, 0.4) is 0 Å². The molecule has 5 rings (SSSR count). The summed E-state index contributed by atoms with van der Waals surface area (Å²) in [5.74, 6) is 0.157. The largest absolute Gasteiger partial charge is 0.489 e. The molecule has 0 saturated heterocycles. The molecule has 5 aromatic rings. The minimum atomic E-state index is -0.592. The van der Waals surface area contributed by atoms with Gasteiger partial charge in [0.2, 0.25) is 0 Å². The van der Waals surface area contributed by atoms with E-state index in [0.717, 1.165) is 10.9 Å². The van der Waals surface area contributed by atoms with E-state index in [1.165, 1.54) is 18.2 Å². The number of halogens is 1. The lowest BCUT2D eigenvalue weighted by Gasteiger charge is -2.09. The van der Waals surface area contributed by atoms with Gasteiger partial charge < -0.3 is 13.6 Å². The molecule has 31 heavy (non-hydrogen) atoms. The molecule has 0 aliphatic rings. The SMILES string of the molecule is O=c1cc(-c2cc3ccccc3oc2=O)c2ccc(OCc3ccc(F)cc3)cc2o1. The Bertz CT molecular complexity index is 1530. The molecule has 0 amide bonds. The summed E-state index contributed by atoms with van der Waals surface area (Å²) in [6.07, 6.45) is 0. The predicted molar refractivity (Wildman–Crippen MR) is 115 cm³/mol. The predicted octanol–water partition coefficient (Wildman–Crippen LogP) is 5.28. The van der Waals surface area contributed by atoms with Crippen molar-refractivity contribution in [1.82, 2.24) is 0 Å². The molecule has 152 valence electrons. The number of ether oxygens (including phenoxy) is 1. The summed E-state index contributed by atoms with van der Waals surface area (Å²) in [5.41, 5.74) is 1.12. The van der Waals surface area contributed by atoms with Crippen LogP contribution in [-0.4, -0.2) is 0 Å². The Hall–Kier alpha value is -4.19. The highest BCUT2D eigenvalue weighted by Gasteiger charge is 2.14. The van der Waals surface area contributed by atoms with Gasteiger partial charge in [0.25, 0.3) is 0 Å². The fourth-order valence-electron chi connectivity index (χ4n) is 3.45. The fraction of sp³-hybridized carbons (Fsp3) is 0.0400. The van der Waals surface area contributed by atoms with E-state index in [1.54, 1.807) is 48.5 Å². The Labute approximate surface area is 174 Å². The van der Waals surface area contributed by atoms with Crippen LogP contribution < -0.4 is 16.0 Å². The van der Waals surface area contributed by atoms with Gasteiger partial charge in [0.1, 0.15) is 29.3 Å². The van der Waals surface area contributed by atoms with Gasteiger partial charge in [0, 0.05) is 28.5 Å². The van der Waals surface area contributed by atoms with E-state index < -0.39 is 11.3 Å². The molecule has 0 atom stereocenters. The highest BCUT2D eigenvalue weighted by molar-refractivity contribution is 5.95. The van der Waals surface area contributed by atoms with Gasteiger partial charge >= 0.3 is 11.3 Å². The van der Waals surface area contributed by atoms with Crippen LogP contribution in [-0.2, 0) is 6.61 Å². The first-order valence-corrected chi connectivity index (χ1v) is 9.55. The smallest absolute Gasteiger partial charge is 0.344 e. The maximum atomic E-state index is 13.0. The quantitative estimate of drug-likeness (QED) is 0.374. The number of para-hydroxylation sites is 1. The third-order valence-corrected chi connectivity index (χ3v) is 4.97. The minimum absolute atomic E-state index is 0.226. The van der Waals surface area contributed by atoms with Crippen LogP contribution in [0.5, 0.6) is 5.75 Å². The van der Waals surface area contributed by atoms with Crippen molar-refractivity contribution < 1.29 is 18.0 Å². The van der Waals surface area contributed by atoms with Crippen LogP contribution in [0, 0.1) is 5.82 Å². The van der Waals surface area contributed by atoms with E-state index in [-0.39, 0.29) is 23.6 Å². The van der Waals surface area contributed by atoms with E-state index >= 15 is 0 Å². The van der Waals surface area contributed by atoms with Crippen molar-refractivity contribution in [2.45, 2.75) is 6.61 Å². The van der Waals surface area contributed by atoms with Crippen LogP contribution in [0.2, 0.25) is 0 Å². The van der Waals surface area contributed by atoms with Gasteiger partial charge in [0.05, 0.1) is 5.56 Å². The number of hydrogen-bond donors (Lipinski definition) is 0. The molecule has 2 heterocycles. The van der Waals surface area contributed by atoms with E-state index in [0.29, 0.717) is 22.3 Å². The number of benzene rings is 3. The number of hydrogen-bond acceptors (Lipinski definition) is 5. The molecule has 0 spiro atoms. The Morgan fingerprint density at radius 2 is 1.58 bits per heavy atom. The topological polar surface area (TPSA) is 69.7 Å². The molecule has 0 aliphatic carbocycles. The van der Waals surface area contributed by atoms with Crippen LogP contribution in [0.15, 0.2) is 97.3 Å². The molecule has 0 N–H and O–H groups in total. The van der Waals surface area contributed by atoms with Crippen molar-refractivity contribution in [3.05, 3.63) is 111 Å². The van der Waals surface area contributed by atoms with Crippen molar-refractivity contribution in [3.63, 3.8) is 0 Å². The summed E-state index contributed by atoms with van der Waals surface area (Å²) < 4.78 is 29.5. The molecule has 0 unspecified atom stereocenters. The molecule has 0 bridgehead atoms. The second kappa shape index (κ2) is 7.57. The first kappa shape index (κ1) is 18.8. The summed E-state index contributed by atoms with van der Waals surface area (Å²) in [6, 6.07) is 21.2. The van der Waals surface area contributed by atoms with E-state index in [2.05, 4.69) is 0 Å². The highest BCUT2D eigenvalue weighted by atomic mass is 19.1. The molecule has 2 aromatic heterocycles. The van der Waals surface area contributed by atoms with Gasteiger partial charge in [-0.05, 0) is 42.0 Å². The van der Waals surface area contributed by atoms with Crippen LogP contribution in [0.25, 0.3) is 33.1 Å². The molecule has 3 aromatic carbocycles. The van der Waals surface area contributed by atoms with Crippen molar-refractivity contribution in [2.75, 3.05) is 0 Å². The monoisotopic (exact) mass is 414 g/mol. The van der Waals surface area contributed by atoms with Gasteiger partial charge in [-0.1, -0.05) is 30.3 Å². The third-order valence-electron chi connectivity index (χ3n) is 4.97. The maximum absolute atomic E-state index is 13.0. The summed E-state index contributed by atoms with van der Waals surface area (Å²) >= 11 is 0. The second-order valence-corrected chi connectivity index (χ2v) is 7.04. The molecule has 0 saturated carbocycles. The van der Waals surface area contributed by atoms with Gasteiger partial charge in [-0.3, -0.25) is 0 Å². The zero-order valence-electron chi connectivity index (χ0n) is 16.1. The van der Waals surface area contributed by atoms with Crippen molar-refractivity contribution >= 4 is 21.9 Å². The van der Waals surface area contributed by atoms with Gasteiger partial charge in [-0.15, -0.1) is 0 Å². The minimum Gasteiger partial charge on any atom is -0.489 e. The first-order valence-electron chi connectivity index (χ1n) is 9.55. The number of rotatable bonds is 4. The molecule has 5 nitrogen and oxygen atoms in total. The van der Waals surface area contributed by atoms with Crippen molar-refractivity contribution in [3.8, 4) is 16.9 Å². The normalized spacial score (nSPS) is 11.1. The molecular weight excluding hydrogens is 399 g/mol. The molecule has 6 heteroatoms. The van der Waals surface area contributed by atoms with E-state index in [1.807, 2.05) is 12.1 Å². The lowest BCUT2D eigenvalue weighted by Crippen LogP contribution is -2.06. The Kier molecular flexibility index (Phi) is 4.59. The first-order chi connectivity index (χ1) is 15.1. The Morgan fingerprint density at radius 1 is 0.774 bits per heavy atom. The lowest BCUT2D eigenvalue weighted by molar-refractivity contribution is 0.306. The van der Waals surface area contributed by atoms with Gasteiger partial charge in [-0.2, -0.15) is 0 Å². The standard InChI is InChI=1S/C25H15FO5/c26-17-7-5-15(6-8-17)14-29-18-9-10-19-20(13-24(27)30-23(19)12-18)21-11-16-3-1-2-4-22(16)31-25(21)28/h1-13H,14H2. The Balaban J connectivity index is 1.56. The summed E-state index contributed by atoms with van der Waals surface area (Å²) in [6.45, 7) is 0.226. The zero-order valence-corrected chi connectivity index (χ0v) is 16.1.